The second kappa shape index (κ2) is 5.35. The van der Waals surface area contributed by atoms with Gasteiger partial charge in [0, 0.05) is 36.9 Å². The Hall–Kier alpha value is -2.30. The van der Waals surface area contributed by atoms with Gasteiger partial charge in [0.15, 0.2) is 0 Å². The van der Waals surface area contributed by atoms with Crippen LogP contribution in [0, 0.1) is 0 Å². The van der Waals surface area contributed by atoms with Crippen molar-refractivity contribution in [2.45, 2.75) is 58.0 Å². The van der Waals surface area contributed by atoms with Gasteiger partial charge < -0.3 is 10.1 Å². The van der Waals surface area contributed by atoms with Gasteiger partial charge in [0.2, 0.25) is 5.91 Å². The number of ether oxygens (including phenoxy) is 1. The normalized spacial score (nSPS) is 20.9. The van der Waals surface area contributed by atoms with Crippen molar-refractivity contribution in [3.63, 3.8) is 0 Å². The number of aryl methyl sites for hydroxylation is 1. The van der Waals surface area contributed by atoms with E-state index in [1.165, 1.54) is 5.56 Å². The summed E-state index contributed by atoms with van der Waals surface area (Å²) in [7, 11) is 1.89. The summed E-state index contributed by atoms with van der Waals surface area (Å²) in [4.78, 5) is 12.4. The van der Waals surface area contributed by atoms with E-state index in [2.05, 4.69) is 56.3 Å². The van der Waals surface area contributed by atoms with Crippen LogP contribution in [0.25, 0.3) is 0 Å². The molecule has 1 atom stereocenters. The largest absolute Gasteiger partial charge is 0.487 e. The Morgan fingerprint density at radius 2 is 2.12 bits per heavy atom. The highest BCUT2D eigenvalue weighted by atomic mass is 16.5. The maximum Gasteiger partial charge on any atom is 0.226 e. The Bertz CT molecular complexity index is 864. The highest BCUT2D eigenvalue weighted by Gasteiger charge is 2.38. The first-order valence-corrected chi connectivity index (χ1v) is 8.94. The van der Waals surface area contributed by atoms with Gasteiger partial charge in [-0.05, 0) is 25.3 Å². The Morgan fingerprint density at radius 1 is 1.36 bits per heavy atom. The molecule has 0 saturated heterocycles. The molecule has 0 saturated carbocycles. The highest BCUT2D eigenvalue weighted by molar-refractivity contribution is 5.95. The number of fused-ring (bicyclic) bond motifs is 2. The number of benzene rings is 1. The fraction of sp³-hybridized carbons (Fsp3) is 0.500. The molecule has 1 unspecified atom stereocenters. The van der Waals surface area contributed by atoms with E-state index in [1.807, 2.05) is 7.05 Å². The van der Waals surface area contributed by atoms with Crippen molar-refractivity contribution in [3.8, 4) is 5.75 Å². The van der Waals surface area contributed by atoms with Crippen LogP contribution in [0.1, 0.15) is 68.3 Å². The van der Waals surface area contributed by atoms with Gasteiger partial charge in [-0.15, -0.1) is 0 Å². The van der Waals surface area contributed by atoms with Crippen LogP contribution < -0.4 is 10.1 Å². The van der Waals surface area contributed by atoms with E-state index < -0.39 is 0 Å². The minimum atomic E-state index is -0.200. The molecule has 2 aromatic rings. The standard InChI is InChI=1S/C20H25N3O2/c1-11(2)17-16-14(9-15(24)21-19(16)23(5)22-17)13-8-6-7-12-10-20(3,4)25-18(12)13/h6-8,11,14H,9-10H2,1-5H3,(H,21,24). The van der Waals surface area contributed by atoms with Crippen LogP contribution in [0.3, 0.4) is 0 Å². The first-order chi connectivity index (χ1) is 11.8. The molecule has 2 aliphatic rings. The van der Waals surface area contributed by atoms with Crippen molar-refractivity contribution in [2.75, 3.05) is 5.32 Å². The fourth-order valence-electron chi connectivity index (χ4n) is 4.13. The summed E-state index contributed by atoms with van der Waals surface area (Å²) < 4.78 is 8.07. The lowest BCUT2D eigenvalue weighted by molar-refractivity contribution is -0.116. The minimum Gasteiger partial charge on any atom is -0.487 e. The van der Waals surface area contributed by atoms with Crippen molar-refractivity contribution >= 4 is 11.7 Å². The number of carbonyl (C=O) groups excluding carboxylic acids is 1. The number of hydrogen-bond donors (Lipinski definition) is 1. The first-order valence-electron chi connectivity index (χ1n) is 8.94. The van der Waals surface area contributed by atoms with E-state index in [-0.39, 0.29) is 17.4 Å². The molecule has 5 heteroatoms. The van der Waals surface area contributed by atoms with Gasteiger partial charge in [0.1, 0.15) is 17.2 Å². The molecule has 0 fully saturated rings. The van der Waals surface area contributed by atoms with Crippen LogP contribution in [0.4, 0.5) is 5.82 Å². The molecule has 1 amide bonds. The molecular formula is C20H25N3O2. The molecule has 0 spiro atoms. The van der Waals surface area contributed by atoms with E-state index in [9.17, 15) is 4.79 Å². The third-order valence-corrected chi connectivity index (χ3v) is 5.15. The summed E-state index contributed by atoms with van der Waals surface area (Å²) >= 11 is 0. The predicted octanol–water partition coefficient (Wildman–Crippen LogP) is 3.73. The quantitative estimate of drug-likeness (QED) is 0.907. The number of carbonyl (C=O) groups is 1. The topological polar surface area (TPSA) is 56.2 Å². The van der Waals surface area contributed by atoms with E-state index >= 15 is 0 Å². The Morgan fingerprint density at radius 3 is 2.84 bits per heavy atom. The molecule has 5 nitrogen and oxygen atoms in total. The lowest BCUT2D eigenvalue weighted by Crippen LogP contribution is -2.26. The van der Waals surface area contributed by atoms with Crippen LogP contribution in [0.5, 0.6) is 5.75 Å². The molecule has 1 N–H and O–H groups in total. The summed E-state index contributed by atoms with van der Waals surface area (Å²) in [5.74, 6) is 2.09. The summed E-state index contributed by atoms with van der Waals surface area (Å²) in [5, 5.41) is 7.69. The molecule has 4 rings (SSSR count). The Labute approximate surface area is 148 Å². The maximum atomic E-state index is 12.4. The van der Waals surface area contributed by atoms with Gasteiger partial charge in [-0.3, -0.25) is 9.48 Å². The van der Waals surface area contributed by atoms with Gasteiger partial charge in [-0.1, -0.05) is 32.0 Å². The molecule has 1 aromatic carbocycles. The number of amides is 1. The zero-order valence-corrected chi connectivity index (χ0v) is 15.5. The summed E-state index contributed by atoms with van der Waals surface area (Å²) in [5.41, 5.74) is 4.32. The van der Waals surface area contributed by atoms with E-state index in [1.54, 1.807) is 4.68 Å². The van der Waals surface area contributed by atoms with Crippen molar-refractivity contribution in [3.05, 3.63) is 40.6 Å². The Kier molecular flexibility index (Phi) is 3.46. The summed E-state index contributed by atoms with van der Waals surface area (Å²) in [6.07, 6.45) is 1.32. The average Bonchev–Trinajstić information content (AvgIpc) is 3.02. The number of rotatable bonds is 2. The SMILES string of the molecule is CC(C)c1nn(C)c2c1C(c1cccc3c1OC(C)(C)C3)CC(=O)N2. The van der Waals surface area contributed by atoms with Crippen molar-refractivity contribution in [1.82, 2.24) is 9.78 Å². The molecule has 0 radical (unpaired) electrons. The van der Waals surface area contributed by atoms with Crippen molar-refractivity contribution in [2.24, 2.45) is 7.05 Å². The van der Waals surface area contributed by atoms with Gasteiger partial charge in [0.05, 0.1) is 5.69 Å². The van der Waals surface area contributed by atoms with Crippen molar-refractivity contribution in [1.29, 1.82) is 0 Å². The van der Waals surface area contributed by atoms with Crippen molar-refractivity contribution < 1.29 is 9.53 Å². The molecule has 3 heterocycles. The predicted molar refractivity (Wildman–Crippen MR) is 97.2 cm³/mol. The summed E-state index contributed by atoms with van der Waals surface area (Å²) in [6.45, 7) is 8.51. The number of nitrogens with one attached hydrogen (secondary N) is 1. The van der Waals surface area contributed by atoms with Crippen LogP contribution in [-0.2, 0) is 18.3 Å². The maximum absolute atomic E-state index is 12.4. The van der Waals surface area contributed by atoms with Crippen LogP contribution in [-0.4, -0.2) is 21.3 Å². The molecule has 132 valence electrons. The monoisotopic (exact) mass is 339 g/mol. The molecule has 1 aromatic heterocycles. The zero-order valence-electron chi connectivity index (χ0n) is 15.5. The van der Waals surface area contributed by atoms with Crippen LogP contribution in [0.15, 0.2) is 18.2 Å². The van der Waals surface area contributed by atoms with Gasteiger partial charge >= 0.3 is 0 Å². The lowest BCUT2D eigenvalue weighted by atomic mass is 9.82. The molecule has 25 heavy (non-hydrogen) atoms. The molecule has 0 aliphatic carbocycles. The number of aromatic nitrogens is 2. The average molecular weight is 339 g/mol. The molecule has 2 aliphatic heterocycles. The van der Waals surface area contributed by atoms with E-state index in [0.29, 0.717) is 12.3 Å². The fourth-order valence-corrected chi connectivity index (χ4v) is 4.13. The number of nitrogens with zero attached hydrogens (tertiary/aromatic N) is 2. The molecule has 0 bridgehead atoms. The number of para-hydroxylation sites is 1. The van der Waals surface area contributed by atoms with E-state index in [4.69, 9.17) is 4.74 Å². The third-order valence-electron chi connectivity index (χ3n) is 5.15. The Balaban J connectivity index is 1.90. The second-order valence-corrected chi connectivity index (χ2v) is 8.10. The van der Waals surface area contributed by atoms with Gasteiger partial charge in [0.25, 0.3) is 0 Å². The second-order valence-electron chi connectivity index (χ2n) is 8.10. The van der Waals surface area contributed by atoms with Crippen LogP contribution >= 0.6 is 0 Å². The van der Waals surface area contributed by atoms with Gasteiger partial charge in [-0.2, -0.15) is 5.10 Å². The van der Waals surface area contributed by atoms with Gasteiger partial charge in [-0.25, -0.2) is 0 Å². The third kappa shape index (κ3) is 2.53. The summed E-state index contributed by atoms with van der Waals surface area (Å²) in [6, 6.07) is 6.31. The van der Waals surface area contributed by atoms with Crippen LogP contribution in [0.2, 0.25) is 0 Å². The number of hydrogen-bond acceptors (Lipinski definition) is 3. The smallest absolute Gasteiger partial charge is 0.226 e. The number of anilines is 1. The minimum absolute atomic E-state index is 0.0151. The molecular weight excluding hydrogens is 314 g/mol. The zero-order chi connectivity index (χ0) is 17.9. The van der Waals surface area contributed by atoms with E-state index in [0.717, 1.165) is 34.8 Å². The first kappa shape index (κ1) is 16.2. The highest BCUT2D eigenvalue weighted by Crippen LogP contribution is 2.47. The lowest BCUT2D eigenvalue weighted by Gasteiger charge is -2.27.